The molecule has 2 aromatic carbocycles. The molecule has 5 N–H and O–H groups in total. The fraction of sp³-hybridized carbons (Fsp3) is 0.440. The van der Waals surface area contributed by atoms with Crippen molar-refractivity contribution < 1.29 is 46.5 Å². The second-order valence-corrected chi connectivity index (χ2v) is 12.5. The number of aliphatic hydroxyl groups excluding tert-OH is 2. The third-order valence-electron chi connectivity index (χ3n) is 7.45. The Balaban J connectivity index is 1.47. The molecular formula is C25H26ClF3N2O7S. The third-order valence-corrected chi connectivity index (χ3v) is 10.1. The molecule has 3 fully saturated rings. The molecule has 0 aliphatic heterocycles. The lowest BCUT2D eigenvalue weighted by Gasteiger charge is -2.58. The van der Waals surface area contributed by atoms with Crippen LogP contribution in [0.25, 0.3) is 0 Å². The number of nitrogens with one attached hydrogen (secondary N) is 2. The van der Waals surface area contributed by atoms with Gasteiger partial charge in [-0.2, -0.15) is 0 Å². The summed E-state index contributed by atoms with van der Waals surface area (Å²) in [6.07, 6.45) is -0.810. The van der Waals surface area contributed by atoms with Crippen LogP contribution in [0.15, 0.2) is 35.2 Å². The van der Waals surface area contributed by atoms with Crippen LogP contribution in [0.1, 0.15) is 36.0 Å². The van der Waals surface area contributed by atoms with E-state index in [1.54, 1.807) is 0 Å². The quantitative estimate of drug-likeness (QED) is 0.281. The average molecular weight is 591 g/mol. The molecule has 0 heterocycles. The van der Waals surface area contributed by atoms with Crippen LogP contribution < -0.4 is 10.6 Å². The standard InChI is InChI=1S/C25H26ClF3N2O7S/c26-18-2-1-12(24(35)31-15-7-19(27)23(29)20(28)8-15)3-21(18)39(37,38)17-5-13-4-14(6-17)25(13,36)9-22(34)30-10-16(33)11-32/h1-3,7-8,13-14,16-17,32-33,36H,4-6,9-11H2,(H,30,34)(H,31,35). The highest BCUT2D eigenvalue weighted by Crippen LogP contribution is 2.57. The van der Waals surface area contributed by atoms with Gasteiger partial charge in [-0.05, 0) is 49.3 Å². The first-order chi connectivity index (χ1) is 18.3. The van der Waals surface area contributed by atoms with Crippen molar-refractivity contribution in [2.24, 2.45) is 11.8 Å². The maximum Gasteiger partial charge on any atom is 0.255 e. The Morgan fingerprint density at radius 1 is 1.08 bits per heavy atom. The van der Waals surface area contributed by atoms with Crippen molar-refractivity contribution in [3.63, 3.8) is 0 Å². The van der Waals surface area contributed by atoms with Crippen LogP contribution in [0.3, 0.4) is 0 Å². The van der Waals surface area contributed by atoms with E-state index in [1.165, 1.54) is 12.1 Å². The van der Waals surface area contributed by atoms with Gasteiger partial charge in [-0.3, -0.25) is 9.59 Å². The Kier molecular flexibility index (Phi) is 8.29. The van der Waals surface area contributed by atoms with Gasteiger partial charge >= 0.3 is 0 Å². The number of hydrogen-bond acceptors (Lipinski definition) is 7. The second kappa shape index (κ2) is 11.0. The van der Waals surface area contributed by atoms with Gasteiger partial charge in [-0.25, -0.2) is 21.6 Å². The lowest BCUT2D eigenvalue weighted by Crippen LogP contribution is -2.63. The number of amides is 2. The molecule has 5 rings (SSSR count). The summed E-state index contributed by atoms with van der Waals surface area (Å²) < 4.78 is 67.2. The van der Waals surface area contributed by atoms with Crippen molar-refractivity contribution >= 4 is 38.9 Å². The number of halogens is 4. The highest BCUT2D eigenvalue weighted by molar-refractivity contribution is 7.92. The molecule has 2 bridgehead atoms. The molecule has 3 saturated carbocycles. The molecule has 3 aliphatic carbocycles. The van der Waals surface area contributed by atoms with E-state index in [-0.39, 0.29) is 47.0 Å². The van der Waals surface area contributed by atoms with Crippen molar-refractivity contribution in [2.75, 3.05) is 18.5 Å². The van der Waals surface area contributed by atoms with E-state index in [9.17, 15) is 41.4 Å². The predicted molar refractivity (Wildman–Crippen MR) is 133 cm³/mol. The second-order valence-electron chi connectivity index (χ2n) is 9.93. The highest BCUT2D eigenvalue weighted by atomic mass is 35.5. The van der Waals surface area contributed by atoms with Gasteiger partial charge in [0.1, 0.15) is 0 Å². The Hall–Kier alpha value is -2.71. The molecule has 14 heteroatoms. The average Bonchev–Trinajstić information content (AvgIpc) is 2.90. The Labute approximate surface area is 226 Å². The zero-order chi connectivity index (χ0) is 28.7. The topological polar surface area (TPSA) is 153 Å². The summed E-state index contributed by atoms with van der Waals surface area (Å²) in [6, 6.07) is 4.61. The van der Waals surface area contributed by atoms with E-state index >= 15 is 0 Å². The molecule has 0 radical (unpaired) electrons. The minimum Gasteiger partial charge on any atom is -0.394 e. The summed E-state index contributed by atoms with van der Waals surface area (Å²) in [7, 11) is -4.10. The van der Waals surface area contributed by atoms with Gasteiger partial charge < -0.3 is 26.0 Å². The van der Waals surface area contributed by atoms with Gasteiger partial charge in [-0.15, -0.1) is 0 Å². The number of carbonyl (C=O) groups excluding carboxylic acids is 2. The first-order valence-corrected chi connectivity index (χ1v) is 14.0. The minimum absolute atomic E-state index is 0.0444. The van der Waals surface area contributed by atoms with Crippen molar-refractivity contribution in [2.45, 2.75) is 47.5 Å². The zero-order valence-corrected chi connectivity index (χ0v) is 21.9. The van der Waals surface area contributed by atoms with E-state index in [0.29, 0.717) is 18.6 Å². The fourth-order valence-corrected chi connectivity index (χ4v) is 7.69. The molecule has 0 saturated heterocycles. The van der Waals surface area contributed by atoms with Crippen molar-refractivity contribution in [1.82, 2.24) is 5.32 Å². The van der Waals surface area contributed by atoms with Crippen LogP contribution in [0.2, 0.25) is 5.02 Å². The number of fused-ring (bicyclic) bond motifs is 2. The maximum absolute atomic E-state index is 13.5. The van der Waals surface area contributed by atoms with Gasteiger partial charge in [0, 0.05) is 29.9 Å². The lowest BCUT2D eigenvalue weighted by atomic mass is 9.52. The SMILES string of the molecule is O=C(CC1(O)C2CC1CC(S(=O)(=O)c1cc(C(=O)Nc3cc(F)c(F)c(F)c3)ccc1Cl)C2)NCC(O)CO. The molecule has 3 unspecified atom stereocenters. The number of carbonyl (C=O) groups is 2. The monoisotopic (exact) mass is 590 g/mol. The van der Waals surface area contributed by atoms with Crippen LogP contribution in [0.5, 0.6) is 0 Å². The van der Waals surface area contributed by atoms with E-state index in [4.69, 9.17) is 16.7 Å². The van der Waals surface area contributed by atoms with Crippen LogP contribution >= 0.6 is 11.6 Å². The van der Waals surface area contributed by atoms with Crippen LogP contribution in [-0.4, -0.2) is 65.7 Å². The summed E-state index contributed by atoms with van der Waals surface area (Å²) >= 11 is 6.18. The van der Waals surface area contributed by atoms with Gasteiger partial charge in [0.25, 0.3) is 5.91 Å². The Bertz CT molecular complexity index is 1370. The van der Waals surface area contributed by atoms with Gasteiger partial charge in [0.2, 0.25) is 5.91 Å². The Morgan fingerprint density at radius 2 is 1.69 bits per heavy atom. The molecule has 0 spiro atoms. The molecule has 212 valence electrons. The number of benzene rings is 2. The smallest absolute Gasteiger partial charge is 0.255 e. The first kappa shape index (κ1) is 29.3. The molecule has 39 heavy (non-hydrogen) atoms. The summed E-state index contributed by atoms with van der Waals surface area (Å²) in [4.78, 5) is 24.6. The third kappa shape index (κ3) is 5.78. The summed E-state index contributed by atoms with van der Waals surface area (Å²) in [5.41, 5.74) is -1.97. The summed E-state index contributed by atoms with van der Waals surface area (Å²) in [6.45, 7) is -0.727. The summed E-state index contributed by atoms with van der Waals surface area (Å²) in [5.74, 6) is -7.15. The minimum atomic E-state index is -4.10. The number of hydrogen-bond donors (Lipinski definition) is 5. The molecular weight excluding hydrogens is 565 g/mol. The van der Waals surface area contributed by atoms with Crippen molar-refractivity contribution in [3.05, 3.63) is 58.4 Å². The predicted octanol–water partition coefficient (Wildman–Crippen LogP) is 2.17. The molecule has 9 nitrogen and oxygen atoms in total. The lowest BCUT2D eigenvalue weighted by molar-refractivity contribution is -0.183. The number of aliphatic hydroxyl groups is 3. The van der Waals surface area contributed by atoms with E-state index < -0.39 is 74.5 Å². The van der Waals surface area contributed by atoms with Crippen molar-refractivity contribution in [3.8, 4) is 0 Å². The fourth-order valence-electron chi connectivity index (χ4n) is 5.29. The van der Waals surface area contributed by atoms with E-state index in [1.807, 2.05) is 0 Å². The molecule has 2 aromatic rings. The largest absolute Gasteiger partial charge is 0.394 e. The molecule has 3 aliphatic rings. The first-order valence-electron chi connectivity index (χ1n) is 12.0. The zero-order valence-electron chi connectivity index (χ0n) is 20.3. The van der Waals surface area contributed by atoms with E-state index in [2.05, 4.69) is 10.6 Å². The number of anilines is 1. The normalized spacial score (nSPS) is 24.9. The van der Waals surface area contributed by atoms with Gasteiger partial charge in [0.15, 0.2) is 27.3 Å². The number of sulfone groups is 1. The van der Waals surface area contributed by atoms with Crippen LogP contribution in [0.4, 0.5) is 18.9 Å². The van der Waals surface area contributed by atoms with Gasteiger partial charge in [-0.1, -0.05) is 11.6 Å². The maximum atomic E-state index is 13.5. The molecule has 3 atom stereocenters. The van der Waals surface area contributed by atoms with Gasteiger partial charge in [0.05, 0.1) is 39.9 Å². The van der Waals surface area contributed by atoms with E-state index in [0.717, 1.165) is 6.07 Å². The molecule has 0 aromatic heterocycles. The van der Waals surface area contributed by atoms with Crippen molar-refractivity contribution in [1.29, 1.82) is 0 Å². The molecule has 2 amide bonds. The van der Waals surface area contributed by atoms with Crippen LogP contribution in [-0.2, 0) is 14.6 Å². The number of rotatable bonds is 9. The van der Waals surface area contributed by atoms with Crippen LogP contribution in [0, 0.1) is 29.3 Å². The Morgan fingerprint density at radius 3 is 2.28 bits per heavy atom. The highest BCUT2D eigenvalue weighted by Gasteiger charge is 2.60. The summed E-state index contributed by atoms with van der Waals surface area (Å²) in [5, 5.41) is 32.8.